The van der Waals surface area contributed by atoms with E-state index in [2.05, 4.69) is 14.2 Å². The van der Waals surface area contributed by atoms with Crippen molar-refractivity contribution in [2.45, 2.75) is 39.9 Å². The highest BCUT2D eigenvalue weighted by Crippen LogP contribution is 1.87. The van der Waals surface area contributed by atoms with Crippen LogP contribution in [0.2, 0.25) is 0 Å². The summed E-state index contributed by atoms with van der Waals surface area (Å²) in [4.78, 5) is 39.8. The summed E-state index contributed by atoms with van der Waals surface area (Å²) in [5, 5.41) is 32.7. The van der Waals surface area contributed by atoms with Crippen molar-refractivity contribution in [2.24, 2.45) is 0 Å². The minimum atomic E-state index is -0.984. The molecule has 0 aromatic carbocycles. The lowest BCUT2D eigenvalue weighted by Gasteiger charge is -2.07. The summed E-state index contributed by atoms with van der Waals surface area (Å²) in [6.45, 7) is 6.04. The fourth-order valence-electron chi connectivity index (χ4n) is 1.16. The van der Waals surface area contributed by atoms with Gasteiger partial charge in [-0.05, 0) is 27.7 Å². The molecule has 0 aliphatic carbocycles. The molecule has 0 radical (unpaired) electrons. The monoisotopic (exact) mass is 504 g/mol. The van der Waals surface area contributed by atoms with Gasteiger partial charge in [-0.1, -0.05) is 0 Å². The molecule has 0 aromatic heterocycles. The minimum Gasteiger partial charge on any atom is -0.480 e. The lowest BCUT2D eigenvalue weighted by molar-refractivity contribution is -0.146. The van der Waals surface area contributed by atoms with E-state index in [1.807, 2.05) is 6.92 Å². The van der Waals surface area contributed by atoms with Crippen molar-refractivity contribution in [1.29, 1.82) is 0 Å². The molecule has 14 heteroatoms. The quantitative estimate of drug-likeness (QED) is 0.152. The van der Waals surface area contributed by atoms with E-state index in [1.54, 1.807) is 14.0 Å². The van der Waals surface area contributed by atoms with E-state index >= 15 is 0 Å². The van der Waals surface area contributed by atoms with Crippen molar-refractivity contribution in [3.63, 3.8) is 0 Å². The third-order valence-corrected chi connectivity index (χ3v) is 2.47. The number of methoxy groups -OCH3 is 2. The second-order valence-electron chi connectivity index (χ2n) is 6.35. The van der Waals surface area contributed by atoms with Crippen LogP contribution in [-0.2, 0) is 47.6 Å². The Morgan fingerprint density at radius 3 is 1.50 bits per heavy atom. The van der Waals surface area contributed by atoms with E-state index in [4.69, 9.17) is 34.6 Å². The lowest BCUT2D eigenvalue weighted by atomic mass is 10.4. The summed E-state index contributed by atoms with van der Waals surface area (Å²) in [6.07, 6.45) is -0.524. The van der Waals surface area contributed by atoms with Gasteiger partial charge in [0.2, 0.25) is 0 Å². The molecule has 204 valence electrons. The number of hydrogen-bond donors (Lipinski definition) is 4. The molecule has 0 heterocycles. The predicted molar refractivity (Wildman–Crippen MR) is 117 cm³/mol. The van der Waals surface area contributed by atoms with Crippen LogP contribution in [0.15, 0.2) is 0 Å². The average molecular weight is 505 g/mol. The van der Waals surface area contributed by atoms with Crippen molar-refractivity contribution in [3.05, 3.63) is 0 Å². The van der Waals surface area contributed by atoms with Crippen molar-refractivity contribution in [1.82, 2.24) is 0 Å². The first-order valence-electron chi connectivity index (χ1n) is 9.87. The van der Waals surface area contributed by atoms with Crippen molar-refractivity contribution >= 4 is 23.5 Å². The molecule has 0 amide bonds. The van der Waals surface area contributed by atoms with Gasteiger partial charge in [-0.2, -0.15) is 0 Å². The predicted octanol–water partition coefficient (Wildman–Crippen LogP) is -0.671. The molecule has 14 nitrogen and oxygen atoms in total. The number of hydrogen-bond acceptors (Lipinski definition) is 12. The molecule has 0 aliphatic heterocycles. The van der Waals surface area contributed by atoms with Crippen LogP contribution in [0, 0.1) is 0 Å². The van der Waals surface area contributed by atoms with Gasteiger partial charge in [0.05, 0.1) is 25.4 Å². The third kappa shape index (κ3) is 57.2. The number of aliphatic hydroxyl groups excluding tert-OH is 2. The Bertz CT molecular complexity index is 496. The van der Waals surface area contributed by atoms with Crippen molar-refractivity contribution in [3.8, 4) is 0 Å². The number of carbonyl (C=O) groups excluding carboxylic acids is 2. The zero-order valence-corrected chi connectivity index (χ0v) is 20.7. The summed E-state index contributed by atoms with van der Waals surface area (Å²) >= 11 is 0. The molecule has 0 aromatic rings. The number of rotatable bonds is 16. The van der Waals surface area contributed by atoms with E-state index in [1.165, 1.54) is 21.0 Å². The molecule has 0 bridgehead atoms. The van der Waals surface area contributed by atoms with E-state index in [0.29, 0.717) is 6.61 Å². The zero-order valence-electron chi connectivity index (χ0n) is 20.7. The number of carboxylic acid groups (broad SMARTS) is 2. The molecular weight excluding hydrogens is 464 g/mol. The molecule has 4 N–H and O–H groups in total. The van der Waals surface area contributed by atoms with Gasteiger partial charge < -0.3 is 48.8 Å². The third-order valence-electron chi connectivity index (χ3n) is 2.47. The highest BCUT2D eigenvalue weighted by molar-refractivity contribution is 5.77. The normalized spacial score (nSPS) is 11.3. The summed E-state index contributed by atoms with van der Waals surface area (Å²) in [5.41, 5.74) is 0. The molecule has 0 aliphatic rings. The molecule has 0 fully saturated rings. The van der Waals surface area contributed by atoms with Crippen molar-refractivity contribution < 1.29 is 68.0 Å². The first kappa shape index (κ1) is 39.2. The fraction of sp³-hybridized carbons (Fsp3) is 0.800. The van der Waals surface area contributed by atoms with Gasteiger partial charge in [0, 0.05) is 14.2 Å². The number of ether oxygens (including phenoxy) is 6. The standard InChI is InChI=1S/C6H12O4.C6H12O3.C4H8O4.C4H8O3/c1-5(9-2)3-10-4-6(7)8;1-5(7)3-9-4-6(2)8;1-7-3-8-2-4(5)6;1-4(6)2-7-3-5/h5H,3-4H2,1-2H3,(H,7,8);5,7H,3-4H2,1-2H3;2-3H2,1H3,(H,5,6);5H,2-3H2,1H3. The SMILES string of the molecule is CC(=O)COCC(C)O.CC(=O)COCO.COC(C)COCC(=O)O.COCOCC(=O)O. The maximum atomic E-state index is 10.2. The largest absolute Gasteiger partial charge is 0.480 e. The van der Waals surface area contributed by atoms with Crippen LogP contribution >= 0.6 is 0 Å². The molecule has 0 rings (SSSR count). The number of Topliss-reactive ketones (excluding diaryl/α,β-unsaturated/α-hetero) is 2. The number of aliphatic carboxylic acids is 2. The molecule has 34 heavy (non-hydrogen) atoms. The molecule has 2 unspecified atom stereocenters. The second-order valence-corrected chi connectivity index (χ2v) is 6.35. The Morgan fingerprint density at radius 2 is 1.18 bits per heavy atom. The van der Waals surface area contributed by atoms with E-state index in [9.17, 15) is 19.2 Å². The lowest BCUT2D eigenvalue weighted by Crippen LogP contribution is -2.17. The van der Waals surface area contributed by atoms with Crippen LogP contribution in [-0.4, -0.2) is 124 Å². The van der Waals surface area contributed by atoms with Gasteiger partial charge in [-0.15, -0.1) is 0 Å². The Morgan fingerprint density at radius 1 is 0.735 bits per heavy atom. The number of carboxylic acids is 2. The molecule has 2 atom stereocenters. The molecule has 0 saturated heterocycles. The molecular formula is C20H40O14. The summed E-state index contributed by atoms with van der Waals surface area (Å²) in [5.74, 6) is -2.03. The van der Waals surface area contributed by atoms with E-state index in [-0.39, 0.29) is 64.3 Å². The Labute approximate surface area is 199 Å². The van der Waals surface area contributed by atoms with Gasteiger partial charge in [0.15, 0.2) is 11.6 Å². The highest BCUT2D eigenvalue weighted by Gasteiger charge is 2.01. The first-order chi connectivity index (χ1) is 15.8. The molecule has 0 saturated carbocycles. The number of ketones is 2. The Kier molecular flexibility index (Phi) is 35.7. The van der Waals surface area contributed by atoms with Crippen LogP contribution in [0.1, 0.15) is 27.7 Å². The fourth-order valence-corrected chi connectivity index (χ4v) is 1.16. The second kappa shape index (κ2) is 31.0. The van der Waals surface area contributed by atoms with E-state index < -0.39 is 18.0 Å². The highest BCUT2D eigenvalue weighted by atomic mass is 16.7. The Balaban J connectivity index is -0.000000178. The molecule has 0 spiro atoms. The van der Waals surface area contributed by atoms with Gasteiger partial charge in [-0.3, -0.25) is 9.59 Å². The van der Waals surface area contributed by atoms with Gasteiger partial charge in [-0.25, -0.2) is 9.59 Å². The average Bonchev–Trinajstić information content (AvgIpc) is 2.72. The van der Waals surface area contributed by atoms with Gasteiger partial charge >= 0.3 is 11.9 Å². The number of carbonyl (C=O) groups is 4. The van der Waals surface area contributed by atoms with E-state index in [0.717, 1.165) is 0 Å². The van der Waals surface area contributed by atoms with Crippen LogP contribution < -0.4 is 0 Å². The maximum Gasteiger partial charge on any atom is 0.329 e. The smallest absolute Gasteiger partial charge is 0.329 e. The Hall–Kier alpha value is -2.04. The van der Waals surface area contributed by atoms with Crippen LogP contribution in [0.4, 0.5) is 0 Å². The first-order valence-corrected chi connectivity index (χ1v) is 9.87. The van der Waals surface area contributed by atoms with Gasteiger partial charge in [0.1, 0.15) is 40.0 Å². The maximum absolute atomic E-state index is 10.2. The number of aliphatic hydroxyl groups is 2. The minimum absolute atomic E-state index is 0.0104. The van der Waals surface area contributed by atoms with Crippen molar-refractivity contribution in [2.75, 3.05) is 67.4 Å². The summed E-state index contributed by atoms with van der Waals surface area (Å²) < 4.78 is 27.4. The summed E-state index contributed by atoms with van der Waals surface area (Å²) in [6, 6.07) is 0. The van der Waals surface area contributed by atoms with Crippen LogP contribution in [0.25, 0.3) is 0 Å². The summed E-state index contributed by atoms with van der Waals surface area (Å²) in [7, 11) is 2.98. The topological polar surface area (TPSA) is 205 Å². The van der Waals surface area contributed by atoms with Gasteiger partial charge in [0.25, 0.3) is 0 Å². The van der Waals surface area contributed by atoms with Crippen LogP contribution in [0.5, 0.6) is 0 Å². The van der Waals surface area contributed by atoms with Crippen LogP contribution in [0.3, 0.4) is 0 Å². The zero-order chi connectivity index (χ0) is 27.4.